The van der Waals surface area contributed by atoms with Crippen molar-refractivity contribution in [3.63, 3.8) is 0 Å². The van der Waals surface area contributed by atoms with Crippen LogP contribution >= 0.6 is 37.4 Å². The van der Waals surface area contributed by atoms with Crippen molar-refractivity contribution in [2.75, 3.05) is 0 Å². The molecule has 0 fully saturated rings. The first-order valence-corrected chi connectivity index (χ1v) is 3.62. The number of nitrogens with zero attached hydrogens (tertiary/aromatic N) is 2. The van der Waals surface area contributed by atoms with Gasteiger partial charge in [0.1, 0.15) is 0 Å². The lowest BCUT2D eigenvalue weighted by Crippen LogP contribution is -2.02. The molecule has 0 atom stereocenters. The van der Waals surface area contributed by atoms with E-state index in [0.717, 1.165) is 5.69 Å². The highest BCUT2D eigenvalue weighted by molar-refractivity contribution is 7.96. The zero-order chi connectivity index (χ0) is 8.10. The fraction of sp³-hybridized carbons (Fsp3) is 0.143. The smallest absolute Gasteiger partial charge is 0.151 e. The molecule has 0 aliphatic heterocycles. The van der Waals surface area contributed by atoms with Crippen LogP contribution in [0.15, 0.2) is 29.4 Å². The van der Waals surface area contributed by atoms with Crippen molar-refractivity contribution in [1.82, 2.24) is 4.98 Å². The van der Waals surface area contributed by atoms with Gasteiger partial charge < -0.3 is 5.73 Å². The van der Waals surface area contributed by atoms with Crippen molar-refractivity contribution in [1.29, 1.82) is 0 Å². The molecule has 0 aliphatic rings. The summed E-state index contributed by atoms with van der Waals surface area (Å²) < 4.78 is 0. The minimum atomic E-state index is 0. The van der Waals surface area contributed by atoms with Gasteiger partial charge >= 0.3 is 0 Å². The van der Waals surface area contributed by atoms with Gasteiger partial charge in [-0.3, -0.25) is 9.98 Å². The molecule has 1 heterocycles. The van der Waals surface area contributed by atoms with Crippen LogP contribution in [0.1, 0.15) is 5.69 Å². The van der Waals surface area contributed by atoms with Crippen LogP contribution in [0.4, 0.5) is 0 Å². The topological polar surface area (TPSA) is 51.3 Å². The van der Waals surface area contributed by atoms with Gasteiger partial charge in [-0.05, 0) is 12.1 Å². The predicted molar refractivity (Wildman–Crippen MR) is 63.0 cm³/mol. The van der Waals surface area contributed by atoms with Crippen LogP contribution in [0.3, 0.4) is 0 Å². The maximum absolute atomic E-state index is 5.23. The minimum Gasteiger partial charge on any atom is -0.379 e. The molecule has 1 aromatic heterocycles. The number of hydrogen-bond acceptors (Lipinski definition) is 2. The molecule has 13 heavy (non-hydrogen) atoms. The molecular weight excluding hydrogens is 229 g/mol. The molecule has 0 unspecified atom stereocenters. The normalized spacial score (nSPS) is 9.77. The maximum Gasteiger partial charge on any atom is 0.151 e. The summed E-state index contributed by atoms with van der Waals surface area (Å²) in [5.74, 6) is 0. The summed E-state index contributed by atoms with van der Waals surface area (Å²) in [5.41, 5.74) is 6.12. The van der Waals surface area contributed by atoms with Crippen molar-refractivity contribution in [2.24, 2.45) is 10.7 Å². The van der Waals surface area contributed by atoms with Gasteiger partial charge in [0.15, 0.2) is 5.17 Å². The molecule has 3 nitrogen and oxygen atoms in total. The van der Waals surface area contributed by atoms with Gasteiger partial charge in [0, 0.05) is 6.20 Å². The fourth-order valence-electron chi connectivity index (χ4n) is 0.654. The van der Waals surface area contributed by atoms with E-state index in [1.54, 1.807) is 6.20 Å². The molecule has 1 aromatic rings. The van der Waals surface area contributed by atoms with Crippen LogP contribution in [0.5, 0.6) is 0 Å². The van der Waals surface area contributed by atoms with Gasteiger partial charge in [-0.15, -0.1) is 37.4 Å². The standard InChI is InChI=1S/C7H9N3S.2ClH/c8-7(11)10-5-6-3-1-2-4-9-6;;/h1-4H,5H2,(H3,8,10,11);2*1H. The molecule has 0 saturated heterocycles. The van der Waals surface area contributed by atoms with Gasteiger partial charge in [0.25, 0.3) is 0 Å². The van der Waals surface area contributed by atoms with E-state index in [4.69, 9.17) is 5.73 Å². The summed E-state index contributed by atoms with van der Waals surface area (Å²) in [6.45, 7) is 0.496. The summed E-state index contributed by atoms with van der Waals surface area (Å²) >= 11 is 3.83. The Morgan fingerprint density at radius 3 is 2.62 bits per heavy atom. The average molecular weight is 240 g/mol. The maximum atomic E-state index is 5.23. The first-order valence-electron chi connectivity index (χ1n) is 3.18. The summed E-state index contributed by atoms with van der Waals surface area (Å²) in [7, 11) is 0. The Morgan fingerprint density at radius 1 is 1.46 bits per heavy atom. The molecule has 0 aliphatic carbocycles. The third kappa shape index (κ3) is 6.69. The highest BCUT2D eigenvalue weighted by Gasteiger charge is 1.88. The lowest BCUT2D eigenvalue weighted by molar-refractivity contribution is 0.991. The zero-order valence-corrected chi connectivity index (χ0v) is 9.28. The molecular formula is C7H11Cl2N3S. The Morgan fingerprint density at radius 2 is 2.15 bits per heavy atom. The number of amidine groups is 1. The first-order chi connectivity index (χ1) is 5.29. The quantitative estimate of drug-likeness (QED) is 0.469. The summed E-state index contributed by atoms with van der Waals surface area (Å²) in [6.07, 6.45) is 1.72. The number of aliphatic imine (C=N–C) groups is 1. The summed E-state index contributed by atoms with van der Waals surface area (Å²) in [6, 6.07) is 5.66. The second kappa shape index (κ2) is 8.16. The molecule has 0 amide bonds. The molecule has 2 N–H and O–H groups in total. The van der Waals surface area contributed by atoms with Crippen LogP contribution in [-0.4, -0.2) is 10.2 Å². The number of halogens is 2. The zero-order valence-electron chi connectivity index (χ0n) is 6.75. The van der Waals surface area contributed by atoms with E-state index in [2.05, 4.69) is 22.6 Å². The minimum absolute atomic E-state index is 0. The number of thiol groups is 1. The number of rotatable bonds is 2. The molecule has 0 saturated carbocycles. The summed E-state index contributed by atoms with van der Waals surface area (Å²) in [5, 5.41) is 0.288. The van der Waals surface area contributed by atoms with Crippen molar-refractivity contribution in [2.45, 2.75) is 6.54 Å². The van der Waals surface area contributed by atoms with Crippen molar-refractivity contribution >= 4 is 42.6 Å². The molecule has 6 heteroatoms. The van der Waals surface area contributed by atoms with Crippen LogP contribution in [0, 0.1) is 0 Å². The molecule has 0 aromatic carbocycles. The Labute approximate surface area is 95.1 Å². The summed E-state index contributed by atoms with van der Waals surface area (Å²) in [4.78, 5) is 7.95. The van der Waals surface area contributed by atoms with E-state index >= 15 is 0 Å². The molecule has 0 spiro atoms. The fourth-order valence-corrected chi connectivity index (χ4v) is 0.724. The number of aromatic nitrogens is 1. The van der Waals surface area contributed by atoms with Gasteiger partial charge in [-0.25, -0.2) is 0 Å². The van der Waals surface area contributed by atoms with Gasteiger partial charge in [-0.1, -0.05) is 6.07 Å². The van der Waals surface area contributed by atoms with E-state index in [0.29, 0.717) is 6.54 Å². The van der Waals surface area contributed by atoms with Crippen LogP contribution in [0.25, 0.3) is 0 Å². The van der Waals surface area contributed by atoms with E-state index < -0.39 is 0 Å². The van der Waals surface area contributed by atoms with Crippen molar-refractivity contribution in [3.8, 4) is 0 Å². The van der Waals surface area contributed by atoms with E-state index in [1.165, 1.54) is 0 Å². The highest BCUT2D eigenvalue weighted by atomic mass is 35.5. The predicted octanol–water partition coefficient (Wildman–Crippen LogP) is 1.67. The van der Waals surface area contributed by atoms with Crippen LogP contribution < -0.4 is 5.73 Å². The Hall–Kier alpha value is -0.450. The lowest BCUT2D eigenvalue weighted by Gasteiger charge is -1.93. The van der Waals surface area contributed by atoms with Crippen LogP contribution in [-0.2, 0) is 6.54 Å². The second-order valence-electron chi connectivity index (χ2n) is 2.00. The SMILES string of the molecule is Cl.Cl.NC(S)=NCc1ccccn1. The van der Waals surface area contributed by atoms with Crippen LogP contribution in [0.2, 0.25) is 0 Å². The molecule has 0 radical (unpaired) electrons. The van der Waals surface area contributed by atoms with Crippen molar-refractivity contribution in [3.05, 3.63) is 30.1 Å². The Bertz CT molecular complexity index is 249. The lowest BCUT2D eigenvalue weighted by atomic mass is 10.4. The number of hydrogen-bond donors (Lipinski definition) is 2. The van der Waals surface area contributed by atoms with Crippen molar-refractivity contribution < 1.29 is 0 Å². The Balaban J connectivity index is 0. The van der Waals surface area contributed by atoms with Gasteiger partial charge in [0.2, 0.25) is 0 Å². The number of pyridine rings is 1. The molecule has 74 valence electrons. The monoisotopic (exact) mass is 239 g/mol. The third-order valence-corrected chi connectivity index (χ3v) is 1.27. The Kier molecular flexibility index (Phi) is 9.44. The second-order valence-corrected chi connectivity index (χ2v) is 2.45. The third-order valence-electron chi connectivity index (χ3n) is 1.13. The van der Waals surface area contributed by atoms with Gasteiger partial charge in [0.05, 0.1) is 12.2 Å². The molecule has 0 bridgehead atoms. The average Bonchev–Trinajstić information content (AvgIpc) is 2.03. The first kappa shape index (κ1) is 15.0. The van der Waals surface area contributed by atoms with E-state index in [-0.39, 0.29) is 30.0 Å². The highest BCUT2D eigenvalue weighted by Crippen LogP contribution is 1.95. The molecule has 1 rings (SSSR count). The van der Waals surface area contributed by atoms with E-state index in [1.807, 2.05) is 18.2 Å². The number of nitrogens with two attached hydrogens (primary N) is 1. The van der Waals surface area contributed by atoms with E-state index in [9.17, 15) is 0 Å². The largest absolute Gasteiger partial charge is 0.379 e. The van der Waals surface area contributed by atoms with Gasteiger partial charge in [-0.2, -0.15) is 0 Å².